The Morgan fingerprint density at radius 1 is 1.12 bits per heavy atom. The predicted octanol–water partition coefficient (Wildman–Crippen LogP) is 3.17. The number of benzene rings is 2. The van der Waals surface area contributed by atoms with Crippen molar-refractivity contribution >= 4 is 35.6 Å². The molecule has 2 aromatic carbocycles. The van der Waals surface area contributed by atoms with Crippen LogP contribution in [0.1, 0.15) is 5.56 Å². The number of nitrogens with two attached hydrogens (primary N) is 1. The number of likely N-dealkylation sites (N-methyl/N-ethyl adjacent to an activating group) is 1. The second-order valence-electron chi connectivity index (χ2n) is 5.32. The molecule has 6 heteroatoms. The van der Waals surface area contributed by atoms with E-state index in [1.54, 1.807) is 7.11 Å². The maximum Gasteiger partial charge on any atom is 0.193 e. The minimum absolute atomic E-state index is 0. The van der Waals surface area contributed by atoms with Gasteiger partial charge in [-0.1, -0.05) is 42.5 Å². The van der Waals surface area contributed by atoms with Crippen LogP contribution in [0.4, 0.5) is 5.69 Å². The van der Waals surface area contributed by atoms with Gasteiger partial charge in [0.1, 0.15) is 5.75 Å². The van der Waals surface area contributed by atoms with Gasteiger partial charge in [-0.2, -0.15) is 0 Å². The summed E-state index contributed by atoms with van der Waals surface area (Å²) in [5, 5.41) is 3.07. The monoisotopic (exact) mass is 440 g/mol. The van der Waals surface area contributed by atoms with Crippen molar-refractivity contribution in [3.05, 3.63) is 60.2 Å². The van der Waals surface area contributed by atoms with E-state index in [1.807, 2.05) is 30.3 Å². The highest BCUT2D eigenvalue weighted by Crippen LogP contribution is 2.22. The Balaban J connectivity index is 0.00000288. The summed E-state index contributed by atoms with van der Waals surface area (Å²) in [7, 11) is 3.71. The molecule has 0 amide bonds. The van der Waals surface area contributed by atoms with E-state index in [1.165, 1.54) is 5.56 Å². The van der Waals surface area contributed by atoms with Crippen molar-refractivity contribution in [2.24, 2.45) is 10.7 Å². The Morgan fingerprint density at radius 3 is 2.50 bits per heavy atom. The quantitative estimate of drug-likeness (QED) is 0.395. The van der Waals surface area contributed by atoms with Crippen LogP contribution >= 0.6 is 24.0 Å². The molecule has 0 fully saturated rings. The third-order valence-corrected chi connectivity index (χ3v) is 3.43. The summed E-state index contributed by atoms with van der Waals surface area (Å²) in [6, 6.07) is 18.0. The van der Waals surface area contributed by atoms with Crippen molar-refractivity contribution < 1.29 is 4.74 Å². The largest absolute Gasteiger partial charge is 0.495 e. The highest BCUT2D eigenvalue weighted by Gasteiger charge is 2.03. The highest BCUT2D eigenvalue weighted by molar-refractivity contribution is 14.0. The standard InChI is InChI=1S/C18H24N4O.HI/c1-22(14-15-8-4-3-5-9-15)13-12-20-18(19)21-16-10-6-7-11-17(16)23-2;/h3-11H,12-14H2,1-2H3,(H3,19,20,21);1H. The Hall–Kier alpha value is -1.80. The molecule has 0 saturated heterocycles. The Bertz CT molecular complexity index is 634. The molecule has 0 aliphatic heterocycles. The van der Waals surface area contributed by atoms with Gasteiger partial charge in [0.2, 0.25) is 0 Å². The molecule has 0 aliphatic carbocycles. The molecule has 2 aromatic rings. The Labute approximate surface area is 160 Å². The molecule has 0 bridgehead atoms. The average Bonchev–Trinajstić information content (AvgIpc) is 2.56. The Morgan fingerprint density at radius 2 is 1.79 bits per heavy atom. The minimum Gasteiger partial charge on any atom is -0.495 e. The number of rotatable bonds is 7. The van der Waals surface area contributed by atoms with Gasteiger partial charge in [-0.15, -0.1) is 24.0 Å². The summed E-state index contributed by atoms with van der Waals surface area (Å²) in [6.07, 6.45) is 0. The molecule has 130 valence electrons. The molecule has 24 heavy (non-hydrogen) atoms. The first kappa shape index (κ1) is 20.2. The van der Waals surface area contributed by atoms with Gasteiger partial charge < -0.3 is 20.7 Å². The van der Waals surface area contributed by atoms with Gasteiger partial charge in [-0.3, -0.25) is 4.99 Å². The number of hydrogen-bond donors (Lipinski definition) is 2. The van der Waals surface area contributed by atoms with Gasteiger partial charge in [0.25, 0.3) is 0 Å². The number of aliphatic imine (C=N–C) groups is 1. The number of ether oxygens (including phenoxy) is 1. The van der Waals surface area contributed by atoms with E-state index in [9.17, 15) is 0 Å². The summed E-state index contributed by atoms with van der Waals surface area (Å²) >= 11 is 0. The fraction of sp³-hybridized carbons (Fsp3) is 0.278. The van der Waals surface area contributed by atoms with E-state index < -0.39 is 0 Å². The van der Waals surface area contributed by atoms with Gasteiger partial charge in [0.05, 0.1) is 19.3 Å². The molecule has 0 saturated carbocycles. The number of methoxy groups -OCH3 is 1. The molecule has 3 N–H and O–H groups in total. The lowest BCUT2D eigenvalue weighted by Crippen LogP contribution is -2.26. The normalized spacial score (nSPS) is 11.0. The molecule has 0 radical (unpaired) electrons. The lowest BCUT2D eigenvalue weighted by molar-refractivity contribution is 0.336. The van der Waals surface area contributed by atoms with Crippen molar-refractivity contribution in [3.63, 3.8) is 0 Å². The first-order valence-corrected chi connectivity index (χ1v) is 7.61. The number of guanidine groups is 1. The van der Waals surface area contributed by atoms with Crippen LogP contribution in [0.5, 0.6) is 5.75 Å². The van der Waals surface area contributed by atoms with Crippen LogP contribution < -0.4 is 15.8 Å². The van der Waals surface area contributed by atoms with Crippen molar-refractivity contribution in [3.8, 4) is 5.75 Å². The van der Waals surface area contributed by atoms with Gasteiger partial charge in [0, 0.05) is 13.1 Å². The van der Waals surface area contributed by atoms with Gasteiger partial charge >= 0.3 is 0 Å². The number of para-hydroxylation sites is 2. The second-order valence-corrected chi connectivity index (χ2v) is 5.32. The SMILES string of the molecule is COc1ccccc1NC(N)=NCCN(C)Cc1ccccc1.I. The van der Waals surface area contributed by atoms with Gasteiger partial charge in [-0.05, 0) is 24.7 Å². The fourth-order valence-electron chi connectivity index (χ4n) is 2.24. The van der Waals surface area contributed by atoms with Gasteiger partial charge in [-0.25, -0.2) is 0 Å². The molecule has 0 heterocycles. The van der Waals surface area contributed by atoms with E-state index >= 15 is 0 Å². The molecule has 0 unspecified atom stereocenters. The molecule has 0 spiro atoms. The predicted molar refractivity (Wildman–Crippen MR) is 111 cm³/mol. The first-order chi connectivity index (χ1) is 11.2. The maximum atomic E-state index is 5.93. The summed E-state index contributed by atoms with van der Waals surface area (Å²) in [6.45, 7) is 2.37. The molecule has 0 aromatic heterocycles. The second kappa shape index (κ2) is 10.9. The third kappa shape index (κ3) is 6.76. The van der Waals surface area contributed by atoms with E-state index in [0.717, 1.165) is 24.5 Å². The van der Waals surface area contributed by atoms with Gasteiger partial charge in [0.15, 0.2) is 5.96 Å². The van der Waals surface area contributed by atoms with E-state index in [0.29, 0.717) is 12.5 Å². The molecular formula is C18H25IN4O. The van der Waals surface area contributed by atoms with Crippen LogP contribution in [0, 0.1) is 0 Å². The summed E-state index contributed by atoms with van der Waals surface area (Å²) in [5.41, 5.74) is 8.04. The molecule has 5 nitrogen and oxygen atoms in total. The van der Waals surface area contributed by atoms with Crippen molar-refractivity contribution in [2.45, 2.75) is 6.54 Å². The smallest absolute Gasteiger partial charge is 0.193 e. The van der Waals surface area contributed by atoms with Crippen LogP contribution in [0.15, 0.2) is 59.6 Å². The van der Waals surface area contributed by atoms with E-state index in [2.05, 4.69) is 46.5 Å². The molecular weight excluding hydrogens is 415 g/mol. The highest BCUT2D eigenvalue weighted by atomic mass is 127. The number of halogens is 1. The van der Waals surface area contributed by atoms with Crippen LogP contribution in [0.25, 0.3) is 0 Å². The summed E-state index contributed by atoms with van der Waals surface area (Å²) in [5.74, 6) is 1.13. The fourth-order valence-corrected chi connectivity index (χ4v) is 2.24. The van der Waals surface area contributed by atoms with Crippen LogP contribution in [0.3, 0.4) is 0 Å². The molecule has 2 rings (SSSR count). The average molecular weight is 440 g/mol. The zero-order chi connectivity index (χ0) is 16.5. The van der Waals surface area contributed by atoms with Crippen LogP contribution in [-0.4, -0.2) is 38.1 Å². The van der Waals surface area contributed by atoms with E-state index in [-0.39, 0.29) is 24.0 Å². The minimum atomic E-state index is 0. The topological polar surface area (TPSA) is 62.9 Å². The van der Waals surface area contributed by atoms with Crippen molar-refractivity contribution in [1.82, 2.24) is 4.90 Å². The third-order valence-electron chi connectivity index (χ3n) is 3.43. The molecule has 0 aliphatic rings. The van der Waals surface area contributed by atoms with Crippen molar-refractivity contribution in [1.29, 1.82) is 0 Å². The number of nitrogens with one attached hydrogen (secondary N) is 1. The van der Waals surface area contributed by atoms with Crippen LogP contribution in [0.2, 0.25) is 0 Å². The number of anilines is 1. The van der Waals surface area contributed by atoms with Crippen LogP contribution in [-0.2, 0) is 6.54 Å². The lowest BCUT2D eigenvalue weighted by Gasteiger charge is -2.15. The number of hydrogen-bond acceptors (Lipinski definition) is 3. The maximum absolute atomic E-state index is 5.93. The van der Waals surface area contributed by atoms with Crippen molar-refractivity contribution in [2.75, 3.05) is 32.6 Å². The summed E-state index contributed by atoms with van der Waals surface area (Å²) in [4.78, 5) is 6.58. The molecule has 0 atom stereocenters. The first-order valence-electron chi connectivity index (χ1n) is 7.61. The Kier molecular flexibility index (Phi) is 9.18. The number of nitrogens with zero attached hydrogens (tertiary/aromatic N) is 2. The van der Waals surface area contributed by atoms with E-state index in [4.69, 9.17) is 10.5 Å². The zero-order valence-electron chi connectivity index (χ0n) is 14.1. The lowest BCUT2D eigenvalue weighted by atomic mass is 10.2. The zero-order valence-corrected chi connectivity index (χ0v) is 16.4. The summed E-state index contributed by atoms with van der Waals surface area (Å²) < 4.78 is 5.27.